The van der Waals surface area contributed by atoms with E-state index in [4.69, 9.17) is 14.6 Å². The van der Waals surface area contributed by atoms with Crippen molar-refractivity contribution >= 4 is 11.9 Å². The third-order valence-electron chi connectivity index (χ3n) is 3.19. The van der Waals surface area contributed by atoms with Gasteiger partial charge >= 0.3 is 5.97 Å². The SMILES string of the molecule is CC(=O)N[C@H]1[C@H]2OC[C@](CC(=O)O)(O2)[C@H](O)[C@@H]1O. The molecule has 2 aliphatic heterocycles. The van der Waals surface area contributed by atoms with Crippen LogP contribution in [0.25, 0.3) is 0 Å². The van der Waals surface area contributed by atoms with Gasteiger partial charge in [0.05, 0.1) is 13.0 Å². The van der Waals surface area contributed by atoms with E-state index in [1.54, 1.807) is 0 Å². The number of rotatable bonds is 3. The molecule has 2 rings (SSSR count). The number of aliphatic hydroxyl groups is 2. The zero-order valence-electron chi connectivity index (χ0n) is 9.70. The Morgan fingerprint density at radius 2 is 2.11 bits per heavy atom. The van der Waals surface area contributed by atoms with Crippen molar-refractivity contribution in [2.24, 2.45) is 0 Å². The maximum atomic E-state index is 11.0. The van der Waals surface area contributed by atoms with Gasteiger partial charge in [-0.3, -0.25) is 9.59 Å². The largest absolute Gasteiger partial charge is 0.481 e. The van der Waals surface area contributed by atoms with E-state index in [9.17, 15) is 19.8 Å². The van der Waals surface area contributed by atoms with E-state index in [0.29, 0.717) is 0 Å². The molecule has 0 aromatic rings. The molecule has 0 spiro atoms. The summed E-state index contributed by atoms with van der Waals surface area (Å²) in [7, 11) is 0. The molecular weight excluding hydrogens is 246 g/mol. The van der Waals surface area contributed by atoms with Crippen molar-refractivity contribution in [1.29, 1.82) is 0 Å². The summed E-state index contributed by atoms with van der Waals surface area (Å²) < 4.78 is 10.6. The standard InChI is InChI=1S/C10H15NO7/c1-4(12)11-6-7(15)8(16)10(2-5(13)14)3-17-9(6)18-10/h6-9,15-16H,2-3H2,1H3,(H,11,12)(H,13,14)/t6-,7-,8-,9+,10+/m1/s1. The zero-order valence-corrected chi connectivity index (χ0v) is 9.70. The molecule has 2 saturated heterocycles. The summed E-state index contributed by atoms with van der Waals surface area (Å²) in [4.78, 5) is 21.8. The maximum Gasteiger partial charge on any atom is 0.306 e. The number of aliphatic hydroxyl groups excluding tert-OH is 2. The molecule has 2 heterocycles. The molecule has 18 heavy (non-hydrogen) atoms. The minimum Gasteiger partial charge on any atom is -0.481 e. The molecule has 0 aromatic heterocycles. The van der Waals surface area contributed by atoms with Crippen LogP contribution in [-0.4, -0.2) is 63.9 Å². The molecule has 4 N–H and O–H groups in total. The Morgan fingerprint density at radius 3 is 2.67 bits per heavy atom. The summed E-state index contributed by atoms with van der Waals surface area (Å²) in [5, 5.41) is 31.1. The fourth-order valence-corrected chi connectivity index (χ4v) is 2.36. The van der Waals surface area contributed by atoms with Gasteiger partial charge < -0.3 is 30.1 Å². The predicted octanol–water partition coefficient (Wildman–Crippen LogP) is -2.19. The minimum atomic E-state index is -1.45. The highest BCUT2D eigenvalue weighted by atomic mass is 16.7. The Bertz CT molecular complexity index is 373. The van der Waals surface area contributed by atoms with Crippen molar-refractivity contribution < 1.29 is 34.4 Å². The van der Waals surface area contributed by atoms with E-state index in [1.165, 1.54) is 6.92 Å². The highest BCUT2D eigenvalue weighted by Gasteiger charge is 2.60. The molecular formula is C10H15NO7. The first-order valence-corrected chi connectivity index (χ1v) is 5.50. The van der Waals surface area contributed by atoms with Crippen LogP contribution in [0.3, 0.4) is 0 Å². The Morgan fingerprint density at radius 1 is 1.44 bits per heavy atom. The number of carboxylic acids is 1. The number of carboxylic acid groups (broad SMARTS) is 1. The lowest BCUT2D eigenvalue weighted by atomic mass is 9.85. The van der Waals surface area contributed by atoms with Crippen molar-refractivity contribution in [3.05, 3.63) is 0 Å². The smallest absolute Gasteiger partial charge is 0.306 e. The molecule has 0 aliphatic carbocycles. The van der Waals surface area contributed by atoms with Crippen molar-refractivity contribution in [2.45, 2.75) is 43.5 Å². The quantitative estimate of drug-likeness (QED) is 0.455. The number of fused-ring (bicyclic) bond motifs is 2. The molecule has 0 radical (unpaired) electrons. The van der Waals surface area contributed by atoms with Crippen LogP contribution in [0.2, 0.25) is 0 Å². The lowest BCUT2D eigenvalue weighted by Crippen LogP contribution is -2.65. The molecule has 5 atom stereocenters. The molecule has 2 fully saturated rings. The summed E-state index contributed by atoms with van der Waals surface area (Å²) in [6.45, 7) is 1.12. The first kappa shape index (κ1) is 13.2. The van der Waals surface area contributed by atoms with Crippen LogP contribution in [0.1, 0.15) is 13.3 Å². The van der Waals surface area contributed by atoms with E-state index in [2.05, 4.69) is 5.32 Å². The molecule has 0 unspecified atom stereocenters. The van der Waals surface area contributed by atoms with Crippen LogP contribution < -0.4 is 5.32 Å². The lowest BCUT2D eigenvalue weighted by molar-refractivity contribution is -0.227. The number of carbonyl (C=O) groups excluding carboxylic acids is 1. The second kappa shape index (κ2) is 4.47. The summed E-state index contributed by atoms with van der Waals surface area (Å²) >= 11 is 0. The fraction of sp³-hybridized carbons (Fsp3) is 0.800. The first-order chi connectivity index (χ1) is 8.35. The Labute approximate surface area is 102 Å². The summed E-state index contributed by atoms with van der Waals surface area (Å²) in [5.41, 5.74) is -1.45. The number of amides is 1. The van der Waals surface area contributed by atoms with E-state index in [-0.39, 0.29) is 6.61 Å². The molecule has 8 nitrogen and oxygen atoms in total. The fourth-order valence-electron chi connectivity index (χ4n) is 2.36. The summed E-state index contributed by atoms with van der Waals surface area (Å²) in [6.07, 6.45) is -4.21. The average Bonchev–Trinajstić information content (AvgIpc) is 2.64. The van der Waals surface area contributed by atoms with Crippen molar-refractivity contribution in [1.82, 2.24) is 5.32 Å². The van der Waals surface area contributed by atoms with Crippen LogP contribution in [0.5, 0.6) is 0 Å². The third-order valence-corrected chi connectivity index (χ3v) is 3.19. The van der Waals surface area contributed by atoms with Gasteiger partial charge in [0.1, 0.15) is 23.9 Å². The van der Waals surface area contributed by atoms with Gasteiger partial charge in [-0.05, 0) is 0 Å². The molecule has 0 saturated carbocycles. The molecule has 1 amide bonds. The molecule has 102 valence electrons. The zero-order chi connectivity index (χ0) is 13.5. The molecule has 8 heteroatoms. The summed E-state index contributed by atoms with van der Waals surface area (Å²) in [6, 6.07) is -0.915. The number of ether oxygens (including phenoxy) is 2. The van der Waals surface area contributed by atoms with Gasteiger partial charge in [0.25, 0.3) is 0 Å². The predicted molar refractivity (Wildman–Crippen MR) is 55.4 cm³/mol. The second-order valence-electron chi connectivity index (χ2n) is 4.59. The number of carbonyl (C=O) groups is 2. The van der Waals surface area contributed by atoms with Crippen LogP contribution >= 0.6 is 0 Å². The van der Waals surface area contributed by atoms with Gasteiger partial charge in [-0.15, -0.1) is 0 Å². The van der Waals surface area contributed by atoms with Crippen LogP contribution in [-0.2, 0) is 19.1 Å². The second-order valence-corrected chi connectivity index (χ2v) is 4.59. The van der Waals surface area contributed by atoms with Crippen LogP contribution in [0.4, 0.5) is 0 Å². The van der Waals surface area contributed by atoms with Gasteiger partial charge in [0.15, 0.2) is 6.29 Å². The van der Waals surface area contributed by atoms with Crippen molar-refractivity contribution in [2.75, 3.05) is 6.61 Å². The Hall–Kier alpha value is -1.22. The van der Waals surface area contributed by atoms with Crippen molar-refractivity contribution in [3.8, 4) is 0 Å². The maximum absolute atomic E-state index is 11.0. The average molecular weight is 261 g/mol. The third kappa shape index (κ3) is 2.07. The van der Waals surface area contributed by atoms with Gasteiger partial charge in [0, 0.05) is 6.92 Å². The Kier molecular flexibility index (Phi) is 3.28. The van der Waals surface area contributed by atoms with E-state index >= 15 is 0 Å². The topological polar surface area (TPSA) is 125 Å². The number of aliphatic carboxylic acids is 1. The number of hydrogen-bond acceptors (Lipinski definition) is 6. The number of hydrogen-bond donors (Lipinski definition) is 4. The van der Waals surface area contributed by atoms with Crippen LogP contribution in [0, 0.1) is 0 Å². The first-order valence-electron chi connectivity index (χ1n) is 5.50. The number of nitrogens with one attached hydrogen (secondary N) is 1. The van der Waals surface area contributed by atoms with E-state index in [1.807, 2.05) is 0 Å². The van der Waals surface area contributed by atoms with Crippen LogP contribution in [0.15, 0.2) is 0 Å². The van der Waals surface area contributed by atoms with Gasteiger partial charge in [-0.2, -0.15) is 0 Å². The lowest BCUT2D eigenvalue weighted by Gasteiger charge is -2.42. The summed E-state index contributed by atoms with van der Waals surface area (Å²) in [5.74, 6) is -1.57. The van der Waals surface area contributed by atoms with E-state index in [0.717, 1.165) is 0 Å². The van der Waals surface area contributed by atoms with Gasteiger partial charge in [-0.1, -0.05) is 0 Å². The van der Waals surface area contributed by atoms with Gasteiger partial charge in [0.2, 0.25) is 5.91 Å². The molecule has 0 aromatic carbocycles. The monoisotopic (exact) mass is 261 g/mol. The highest BCUT2D eigenvalue weighted by molar-refractivity contribution is 5.73. The van der Waals surface area contributed by atoms with Gasteiger partial charge in [-0.25, -0.2) is 0 Å². The minimum absolute atomic E-state index is 0.141. The Balaban J connectivity index is 2.19. The highest BCUT2D eigenvalue weighted by Crippen LogP contribution is 2.39. The molecule has 2 bridgehead atoms. The van der Waals surface area contributed by atoms with E-state index < -0.39 is 48.4 Å². The molecule has 2 aliphatic rings. The normalized spacial score (nSPS) is 42.6. The van der Waals surface area contributed by atoms with Crippen molar-refractivity contribution in [3.63, 3.8) is 0 Å².